The summed E-state index contributed by atoms with van der Waals surface area (Å²) in [5.41, 5.74) is 1.97. The molecule has 0 aliphatic heterocycles. The second-order valence-corrected chi connectivity index (χ2v) is 4.69. The van der Waals surface area contributed by atoms with Crippen LogP contribution in [0, 0.1) is 6.92 Å². The summed E-state index contributed by atoms with van der Waals surface area (Å²) in [6.07, 6.45) is 0.668. The molecule has 0 atom stereocenters. The molecule has 21 heavy (non-hydrogen) atoms. The zero-order chi connectivity index (χ0) is 15.2. The molecule has 1 aromatic carbocycles. The third-order valence-corrected chi connectivity index (χ3v) is 3.09. The van der Waals surface area contributed by atoms with Crippen LogP contribution in [0.2, 0.25) is 0 Å². The van der Waals surface area contributed by atoms with Crippen molar-refractivity contribution in [3.63, 3.8) is 0 Å². The molecule has 6 nitrogen and oxygen atoms in total. The van der Waals surface area contributed by atoms with Crippen molar-refractivity contribution in [3.05, 3.63) is 47.3 Å². The Morgan fingerprint density at radius 1 is 1.24 bits per heavy atom. The topological polar surface area (TPSA) is 74.1 Å². The van der Waals surface area contributed by atoms with E-state index in [4.69, 9.17) is 4.74 Å². The van der Waals surface area contributed by atoms with Gasteiger partial charge in [0.1, 0.15) is 6.54 Å². The number of carbonyl (C=O) groups is 2. The number of hydrogen-bond acceptors (Lipinski definition) is 5. The van der Waals surface area contributed by atoms with Gasteiger partial charge in [-0.3, -0.25) is 9.59 Å². The van der Waals surface area contributed by atoms with Gasteiger partial charge in [0.25, 0.3) is 0 Å². The van der Waals surface area contributed by atoms with E-state index in [0.717, 1.165) is 5.56 Å². The third-order valence-electron chi connectivity index (χ3n) is 3.09. The Morgan fingerprint density at radius 2 is 1.95 bits per heavy atom. The summed E-state index contributed by atoms with van der Waals surface area (Å²) in [5, 5.41) is 7.54. The Balaban J connectivity index is 1.83. The van der Waals surface area contributed by atoms with Crippen molar-refractivity contribution in [3.8, 4) is 0 Å². The highest BCUT2D eigenvalue weighted by atomic mass is 16.5. The number of ether oxygens (including phenoxy) is 1. The Morgan fingerprint density at radius 3 is 2.57 bits per heavy atom. The Labute approximate surface area is 122 Å². The number of rotatable bonds is 6. The van der Waals surface area contributed by atoms with Gasteiger partial charge in [-0.15, -0.1) is 5.10 Å². The molecule has 1 aromatic heterocycles. The first-order valence-corrected chi connectivity index (χ1v) is 6.68. The number of hydrogen-bond donors (Lipinski definition) is 0. The van der Waals surface area contributed by atoms with Gasteiger partial charge in [-0.25, -0.2) is 4.68 Å². The van der Waals surface area contributed by atoms with Crippen LogP contribution < -0.4 is 0 Å². The minimum absolute atomic E-state index is 0.0408. The molecule has 0 aliphatic carbocycles. The van der Waals surface area contributed by atoms with Crippen molar-refractivity contribution in [2.24, 2.45) is 0 Å². The fourth-order valence-electron chi connectivity index (χ4n) is 1.93. The Bertz CT molecular complexity index is 635. The summed E-state index contributed by atoms with van der Waals surface area (Å²) in [6.45, 7) is 3.39. The van der Waals surface area contributed by atoms with E-state index in [9.17, 15) is 9.59 Å². The van der Waals surface area contributed by atoms with Gasteiger partial charge < -0.3 is 4.74 Å². The average molecular weight is 287 g/mol. The van der Waals surface area contributed by atoms with E-state index in [1.165, 1.54) is 11.6 Å². The van der Waals surface area contributed by atoms with E-state index in [2.05, 4.69) is 10.3 Å². The van der Waals surface area contributed by atoms with Gasteiger partial charge in [-0.1, -0.05) is 35.5 Å². The van der Waals surface area contributed by atoms with Crippen molar-refractivity contribution in [1.82, 2.24) is 15.0 Å². The quantitative estimate of drug-likeness (QED) is 0.595. The van der Waals surface area contributed by atoms with Crippen LogP contribution in [0.5, 0.6) is 0 Å². The molecule has 110 valence electrons. The van der Waals surface area contributed by atoms with Crippen LogP contribution in [0.15, 0.2) is 30.3 Å². The first-order valence-electron chi connectivity index (χ1n) is 6.68. The molecule has 2 aromatic rings. The molecule has 0 saturated carbocycles. The maximum atomic E-state index is 11.7. The fourth-order valence-corrected chi connectivity index (χ4v) is 1.93. The lowest BCUT2D eigenvalue weighted by atomic mass is 10.2. The summed E-state index contributed by atoms with van der Waals surface area (Å²) >= 11 is 0. The maximum Gasteiger partial charge on any atom is 0.327 e. The lowest BCUT2D eigenvalue weighted by molar-refractivity contribution is -0.144. The van der Waals surface area contributed by atoms with Gasteiger partial charge in [0, 0.05) is 13.3 Å². The molecule has 0 saturated heterocycles. The largest absolute Gasteiger partial charge is 0.464 e. The highest BCUT2D eigenvalue weighted by Gasteiger charge is 2.15. The van der Waals surface area contributed by atoms with E-state index >= 15 is 0 Å². The molecule has 0 bridgehead atoms. The zero-order valence-corrected chi connectivity index (χ0v) is 12.1. The lowest BCUT2D eigenvalue weighted by Gasteiger charge is -2.06. The van der Waals surface area contributed by atoms with Crippen molar-refractivity contribution >= 4 is 11.8 Å². The van der Waals surface area contributed by atoms with E-state index in [1.54, 1.807) is 6.92 Å². The highest BCUT2D eigenvalue weighted by molar-refractivity contribution is 5.93. The SMILES string of the molecule is CC(=O)c1nnn(CC(=O)OCCc2ccccc2)c1C. The summed E-state index contributed by atoms with van der Waals surface area (Å²) in [7, 11) is 0. The highest BCUT2D eigenvalue weighted by Crippen LogP contribution is 2.05. The number of benzene rings is 1. The minimum Gasteiger partial charge on any atom is -0.464 e. The molecule has 2 rings (SSSR count). The van der Waals surface area contributed by atoms with Crippen molar-refractivity contribution in [1.29, 1.82) is 0 Å². The van der Waals surface area contributed by atoms with Crippen LogP contribution in [0.25, 0.3) is 0 Å². The molecule has 0 aliphatic rings. The van der Waals surface area contributed by atoms with Gasteiger partial charge >= 0.3 is 5.97 Å². The first-order chi connectivity index (χ1) is 10.1. The zero-order valence-electron chi connectivity index (χ0n) is 12.1. The molecule has 1 heterocycles. The number of Topliss-reactive ketones (excluding diaryl/α,β-unsaturated/α-hetero) is 1. The summed E-state index contributed by atoms with van der Waals surface area (Å²) in [5.74, 6) is -0.565. The number of ketones is 1. The summed E-state index contributed by atoms with van der Waals surface area (Å²) in [6, 6.07) is 9.79. The smallest absolute Gasteiger partial charge is 0.327 e. The van der Waals surface area contributed by atoms with Crippen LogP contribution in [-0.2, 0) is 22.5 Å². The molecule has 0 radical (unpaired) electrons. The van der Waals surface area contributed by atoms with E-state index in [1.807, 2.05) is 30.3 Å². The summed E-state index contributed by atoms with van der Waals surface area (Å²) < 4.78 is 6.54. The maximum absolute atomic E-state index is 11.7. The minimum atomic E-state index is -0.394. The molecule has 0 unspecified atom stereocenters. The van der Waals surface area contributed by atoms with E-state index in [-0.39, 0.29) is 18.0 Å². The molecule has 0 fully saturated rings. The second kappa shape index (κ2) is 6.78. The van der Waals surface area contributed by atoms with Crippen LogP contribution in [0.1, 0.15) is 28.7 Å². The van der Waals surface area contributed by atoms with Gasteiger partial charge in [0.05, 0.1) is 12.3 Å². The van der Waals surface area contributed by atoms with Gasteiger partial charge in [-0.2, -0.15) is 0 Å². The van der Waals surface area contributed by atoms with Crippen LogP contribution in [0.3, 0.4) is 0 Å². The van der Waals surface area contributed by atoms with E-state index < -0.39 is 5.97 Å². The Hall–Kier alpha value is -2.50. The standard InChI is InChI=1S/C15H17N3O3/c1-11-15(12(2)19)16-17-18(11)10-14(20)21-9-8-13-6-4-3-5-7-13/h3-7H,8-10H2,1-2H3. The van der Waals surface area contributed by atoms with Crippen molar-refractivity contribution in [2.45, 2.75) is 26.8 Å². The van der Waals surface area contributed by atoms with Crippen LogP contribution >= 0.6 is 0 Å². The predicted molar refractivity (Wildman–Crippen MR) is 75.9 cm³/mol. The molecule has 6 heteroatoms. The number of esters is 1. The van der Waals surface area contributed by atoms with Gasteiger partial charge in [-0.05, 0) is 12.5 Å². The molecular weight excluding hydrogens is 270 g/mol. The second-order valence-electron chi connectivity index (χ2n) is 4.69. The third kappa shape index (κ3) is 3.98. The normalized spacial score (nSPS) is 10.4. The number of aromatic nitrogens is 3. The monoisotopic (exact) mass is 287 g/mol. The fraction of sp³-hybridized carbons (Fsp3) is 0.333. The Kier molecular flexibility index (Phi) is 4.81. The molecule has 0 amide bonds. The molecule has 0 N–H and O–H groups in total. The van der Waals surface area contributed by atoms with Crippen molar-refractivity contribution in [2.75, 3.05) is 6.61 Å². The molecule has 0 spiro atoms. The van der Waals surface area contributed by atoms with Crippen molar-refractivity contribution < 1.29 is 14.3 Å². The first kappa shape index (κ1) is 14.9. The average Bonchev–Trinajstić information content (AvgIpc) is 2.81. The predicted octanol–water partition coefficient (Wildman–Crippen LogP) is 1.58. The van der Waals surface area contributed by atoms with Crippen LogP contribution in [-0.4, -0.2) is 33.4 Å². The number of nitrogens with zero attached hydrogens (tertiary/aromatic N) is 3. The van der Waals surface area contributed by atoms with Crippen LogP contribution in [0.4, 0.5) is 0 Å². The summed E-state index contributed by atoms with van der Waals surface area (Å²) in [4.78, 5) is 23.0. The lowest BCUT2D eigenvalue weighted by Crippen LogP contribution is -2.17. The van der Waals surface area contributed by atoms with E-state index in [0.29, 0.717) is 18.7 Å². The number of carbonyl (C=O) groups excluding carboxylic acids is 2. The van der Waals surface area contributed by atoms with Gasteiger partial charge in [0.2, 0.25) is 0 Å². The molecular formula is C15H17N3O3. The van der Waals surface area contributed by atoms with Gasteiger partial charge in [0.15, 0.2) is 11.5 Å².